The molecule has 1 aromatic heterocycles. The van der Waals surface area contributed by atoms with Crippen LogP contribution in [0.2, 0.25) is 0 Å². The number of hydrogen-bond donors (Lipinski definition) is 0. The molecular weight excluding hydrogens is 383 g/mol. The van der Waals surface area contributed by atoms with Gasteiger partial charge in [-0.1, -0.05) is 37.3 Å². The monoisotopic (exact) mass is 404 g/mol. The van der Waals surface area contributed by atoms with E-state index in [1.54, 1.807) is 31.5 Å². The first kappa shape index (κ1) is 19.9. The second-order valence-corrected chi connectivity index (χ2v) is 7.26. The Labute approximate surface area is 174 Å². The quantitative estimate of drug-likeness (QED) is 0.548. The number of alkyl halides is 1. The molecule has 2 aromatic carbocycles. The van der Waals surface area contributed by atoms with Crippen molar-refractivity contribution in [2.24, 2.45) is 0 Å². The van der Waals surface area contributed by atoms with Crippen molar-refractivity contribution < 1.29 is 18.7 Å². The second-order valence-electron chi connectivity index (χ2n) is 7.26. The van der Waals surface area contributed by atoms with Crippen LogP contribution in [0.25, 0.3) is 0 Å². The van der Waals surface area contributed by atoms with Gasteiger partial charge in [-0.05, 0) is 23.3 Å². The maximum atomic E-state index is 13.9. The normalized spacial score (nSPS) is 17.3. The molecule has 0 radical (unpaired) electrons. The molecule has 0 N–H and O–H groups in total. The minimum Gasteiger partial charge on any atom is -0.486 e. The van der Waals surface area contributed by atoms with E-state index in [0.29, 0.717) is 28.0 Å². The third-order valence-corrected chi connectivity index (χ3v) is 5.33. The van der Waals surface area contributed by atoms with Crippen molar-refractivity contribution in [3.63, 3.8) is 0 Å². The molecule has 0 saturated carbocycles. The fourth-order valence-electron chi connectivity index (χ4n) is 3.88. The molecular formula is C24H21FN2O3. The molecule has 152 valence electrons. The van der Waals surface area contributed by atoms with Gasteiger partial charge in [0, 0.05) is 36.4 Å². The third kappa shape index (κ3) is 3.73. The van der Waals surface area contributed by atoms with Crippen molar-refractivity contribution in [1.82, 2.24) is 9.97 Å². The Morgan fingerprint density at radius 1 is 1.07 bits per heavy atom. The summed E-state index contributed by atoms with van der Waals surface area (Å²) in [5.74, 6) is -0.302. The highest BCUT2D eigenvalue weighted by molar-refractivity contribution is 6.04. The van der Waals surface area contributed by atoms with E-state index in [-0.39, 0.29) is 30.3 Å². The topological polar surface area (TPSA) is 69.2 Å². The Morgan fingerprint density at radius 2 is 1.80 bits per heavy atom. The summed E-state index contributed by atoms with van der Waals surface area (Å²) in [6, 6.07) is 12.8. The number of rotatable bonds is 7. The van der Waals surface area contributed by atoms with E-state index in [9.17, 15) is 14.0 Å². The molecule has 3 aromatic rings. The first-order valence-corrected chi connectivity index (χ1v) is 9.88. The minimum absolute atomic E-state index is 0.114. The van der Waals surface area contributed by atoms with Gasteiger partial charge in [-0.15, -0.1) is 0 Å². The summed E-state index contributed by atoms with van der Waals surface area (Å²) in [4.78, 5) is 33.5. The molecule has 0 amide bonds. The average Bonchev–Trinajstić information content (AvgIpc) is 3.17. The highest BCUT2D eigenvalue weighted by Crippen LogP contribution is 2.45. The SMILES string of the molecule is CCC(=O)c1cc(C(=O)Cc2cncnc2)cc2c1O[C@@H](CF)[C@@H]2c1ccccc1. The Balaban J connectivity index is 1.81. The molecule has 0 unspecified atom stereocenters. The highest BCUT2D eigenvalue weighted by atomic mass is 19.1. The molecule has 30 heavy (non-hydrogen) atoms. The molecule has 1 aliphatic rings. The summed E-state index contributed by atoms with van der Waals surface area (Å²) in [7, 11) is 0. The average molecular weight is 404 g/mol. The van der Waals surface area contributed by atoms with Crippen LogP contribution < -0.4 is 4.74 Å². The van der Waals surface area contributed by atoms with Crippen LogP contribution in [-0.2, 0) is 6.42 Å². The van der Waals surface area contributed by atoms with Crippen molar-refractivity contribution >= 4 is 11.6 Å². The Hall–Kier alpha value is -3.41. The maximum absolute atomic E-state index is 13.9. The lowest BCUT2D eigenvalue weighted by atomic mass is 9.85. The molecule has 6 heteroatoms. The van der Waals surface area contributed by atoms with Crippen LogP contribution in [-0.4, -0.2) is 34.3 Å². The third-order valence-electron chi connectivity index (χ3n) is 5.33. The van der Waals surface area contributed by atoms with Crippen molar-refractivity contribution in [2.45, 2.75) is 31.8 Å². The smallest absolute Gasteiger partial charge is 0.167 e. The zero-order valence-corrected chi connectivity index (χ0v) is 16.5. The fourth-order valence-corrected chi connectivity index (χ4v) is 3.88. The van der Waals surface area contributed by atoms with E-state index >= 15 is 0 Å². The van der Waals surface area contributed by atoms with E-state index in [1.807, 2.05) is 30.3 Å². The molecule has 0 fully saturated rings. The Kier molecular flexibility index (Phi) is 5.65. The van der Waals surface area contributed by atoms with E-state index < -0.39 is 12.8 Å². The summed E-state index contributed by atoms with van der Waals surface area (Å²) in [5.41, 5.74) is 2.98. The molecule has 0 aliphatic carbocycles. The largest absolute Gasteiger partial charge is 0.486 e. The number of fused-ring (bicyclic) bond motifs is 1. The van der Waals surface area contributed by atoms with Crippen LogP contribution in [0.5, 0.6) is 5.75 Å². The predicted molar refractivity (Wildman–Crippen MR) is 110 cm³/mol. The summed E-state index contributed by atoms with van der Waals surface area (Å²) < 4.78 is 19.8. The standard InChI is InChI=1S/C24H21FN2O3/c1-2-20(28)18-9-17(21(29)8-15-12-26-14-27-13-15)10-19-23(16-6-4-3-5-7-16)22(11-25)30-24(18)19/h3-7,9-10,12-14,22-23H,2,8,11H2,1H3/t22-,23+/m0/s1. The summed E-state index contributed by atoms with van der Waals surface area (Å²) in [5, 5.41) is 0. The number of carbonyl (C=O) groups excluding carboxylic acids is 2. The molecule has 0 bridgehead atoms. The maximum Gasteiger partial charge on any atom is 0.167 e. The first-order valence-electron chi connectivity index (χ1n) is 9.88. The minimum atomic E-state index is -0.737. The lowest BCUT2D eigenvalue weighted by Crippen LogP contribution is -2.22. The van der Waals surface area contributed by atoms with Crippen molar-refractivity contribution in [2.75, 3.05) is 6.67 Å². The van der Waals surface area contributed by atoms with Gasteiger partial charge in [0.2, 0.25) is 0 Å². The number of ketones is 2. The number of carbonyl (C=O) groups is 2. The lowest BCUT2D eigenvalue weighted by Gasteiger charge is -2.16. The summed E-state index contributed by atoms with van der Waals surface area (Å²) >= 11 is 0. The van der Waals surface area contributed by atoms with E-state index in [0.717, 1.165) is 5.56 Å². The number of benzene rings is 2. The summed E-state index contributed by atoms with van der Waals surface area (Å²) in [6.45, 7) is 1.05. The van der Waals surface area contributed by atoms with E-state index in [4.69, 9.17) is 4.74 Å². The van der Waals surface area contributed by atoms with Gasteiger partial charge in [-0.25, -0.2) is 14.4 Å². The van der Waals surface area contributed by atoms with Gasteiger partial charge in [0.05, 0.1) is 11.5 Å². The molecule has 1 aliphatic heterocycles. The molecule has 2 heterocycles. The zero-order chi connectivity index (χ0) is 21.1. The van der Waals surface area contributed by atoms with Gasteiger partial charge in [-0.3, -0.25) is 9.59 Å². The number of halogens is 1. The number of nitrogens with zero attached hydrogens (tertiary/aromatic N) is 2. The van der Waals surface area contributed by atoms with Gasteiger partial charge < -0.3 is 4.74 Å². The zero-order valence-electron chi connectivity index (χ0n) is 16.5. The summed E-state index contributed by atoms with van der Waals surface area (Å²) in [6.07, 6.45) is 4.22. The van der Waals surface area contributed by atoms with Crippen molar-refractivity contribution in [3.8, 4) is 5.75 Å². The van der Waals surface area contributed by atoms with Crippen LogP contribution in [0, 0.1) is 0 Å². The van der Waals surface area contributed by atoms with Gasteiger partial charge >= 0.3 is 0 Å². The fraction of sp³-hybridized carbons (Fsp3) is 0.250. The predicted octanol–water partition coefficient (Wildman–Crippen LogP) is 4.36. The highest BCUT2D eigenvalue weighted by Gasteiger charge is 2.38. The van der Waals surface area contributed by atoms with Crippen molar-refractivity contribution in [3.05, 3.63) is 89.0 Å². The molecule has 0 spiro atoms. The van der Waals surface area contributed by atoms with E-state index in [2.05, 4.69) is 9.97 Å². The number of aromatic nitrogens is 2. The van der Waals surface area contributed by atoms with Gasteiger partial charge in [0.25, 0.3) is 0 Å². The molecule has 2 atom stereocenters. The molecule has 0 saturated heterocycles. The van der Waals surface area contributed by atoms with Crippen LogP contribution in [0.15, 0.2) is 61.2 Å². The van der Waals surface area contributed by atoms with Crippen LogP contribution in [0.3, 0.4) is 0 Å². The number of Topliss-reactive ketones (excluding diaryl/α,β-unsaturated/α-hetero) is 2. The molecule has 4 rings (SSSR count). The van der Waals surface area contributed by atoms with Gasteiger partial charge in [0.15, 0.2) is 11.6 Å². The van der Waals surface area contributed by atoms with E-state index in [1.165, 1.54) is 6.33 Å². The van der Waals surface area contributed by atoms with Crippen LogP contribution in [0.1, 0.15) is 56.7 Å². The lowest BCUT2D eigenvalue weighted by molar-refractivity contribution is 0.0980. The first-order chi connectivity index (χ1) is 14.6. The van der Waals surface area contributed by atoms with Gasteiger partial charge in [-0.2, -0.15) is 0 Å². The Bertz CT molecular complexity index is 1070. The number of ether oxygens (including phenoxy) is 1. The molecule has 5 nitrogen and oxygen atoms in total. The number of hydrogen-bond acceptors (Lipinski definition) is 5. The van der Waals surface area contributed by atoms with Crippen LogP contribution in [0.4, 0.5) is 4.39 Å². The Morgan fingerprint density at radius 3 is 2.47 bits per heavy atom. The van der Waals surface area contributed by atoms with Crippen molar-refractivity contribution in [1.29, 1.82) is 0 Å². The van der Waals surface area contributed by atoms with Crippen LogP contribution >= 0.6 is 0 Å². The second kappa shape index (κ2) is 8.53. The van der Waals surface area contributed by atoms with Gasteiger partial charge in [0.1, 0.15) is 24.9 Å².